The minimum Gasteiger partial charge on any atom is -0.356 e. The van der Waals surface area contributed by atoms with E-state index < -0.39 is 0 Å². The van der Waals surface area contributed by atoms with Gasteiger partial charge in [-0.15, -0.1) is 0 Å². The molecular formula is C12H18IN3. The van der Waals surface area contributed by atoms with Crippen molar-refractivity contribution < 1.29 is 0 Å². The molecule has 1 aromatic rings. The van der Waals surface area contributed by atoms with Crippen molar-refractivity contribution in [3.05, 3.63) is 21.9 Å². The smallest absolute Gasteiger partial charge is 0.128 e. The molecule has 0 radical (unpaired) electrons. The Morgan fingerprint density at radius 2 is 2.44 bits per heavy atom. The van der Waals surface area contributed by atoms with Gasteiger partial charge < -0.3 is 10.2 Å². The van der Waals surface area contributed by atoms with Crippen LogP contribution in [-0.4, -0.2) is 31.7 Å². The highest BCUT2D eigenvalue weighted by Crippen LogP contribution is 2.24. The molecule has 2 rings (SSSR count). The number of hydrogen-bond donors (Lipinski definition) is 1. The molecule has 1 unspecified atom stereocenters. The average Bonchev–Trinajstić information content (AvgIpc) is 2.76. The molecule has 1 atom stereocenters. The van der Waals surface area contributed by atoms with Gasteiger partial charge in [-0.1, -0.05) is 0 Å². The van der Waals surface area contributed by atoms with Crippen LogP contribution < -0.4 is 10.2 Å². The number of nitrogens with one attached hydrogen (secondary N) is 1. The maximum Gasteiger partial charge on any atom is 0.128 e. The van der Waals surface area contributed by atoms with Gasteiger partial charge in [0.05, 0.1) is 0 Å². The van der Waals surface area contributed by atoms with Crippen molar-refractivity contribution in [2.75, 3.05) is 31.6 Å². The fourth-order valence-electron chi connectivity index (χ4n) is 2.18. The summed E-state index contributed by atoms with van der Waals surface area (Å²) in [6.07, 6.45) is 4.52. The number of rotatable bonds is 4. The van der Waals surface area contributed by atoms with Crippen LogP contribution in [0.1, 0.15) is 12.8 Å². The third-order valence-corrected chi connectivity index (χ3v) is 3.76. The Morgan fingerprint density at radius 1 is 1.56 bits per heavy atom. The van der Waals surface area contributed by atoms with Crippen molar-refractivity contribution in [2.45, 2.75) is 12.8 Å². The number of anilines is 1. The Hall–Kier alpha value is -0.360. The SMILES string of the molecule is CNCCC1CCN(c2ccc(I)cn2)C1. The summed E-state index contributed by atoms with van der Waals surface area (Å²) < 4.78 is 1.20. The molecule has 3 nitrogen and oxygen atoms in total. The first kappa shape index (κ1) is 12.1. The van der Waals surface area contributed by atoms with Crippen molar-refractivity contribution in [1.29, 1.82) is 0 Å². The summed E-state index contributed by atoms with van der Waals surface area (Å²) in [6.45, 7) is 3.44. The summed E-state index contributed by atoms with van der Waals surface area (Å²) in [6, 6.07) is 4.26. The summed E-state index contributed by atoms with van der Waals surface area (Å²) in [4.78, 5) is 6.88. The number of nitrogens with zero attached hydrogens (tertiary/aromatic N) is 2. The minimum absolute atomic E-state index is 0.827. The van der Waals surface area contributed by atoms with Crippen molar-refractivity contribution in [2.24, 2.45) is 5.92 Å². The van der Waals surface area contributed by atoms with Crippen molar-refractivity contribution >= 4 is 28.4 Å². The van der Waals surface area contributed by atoms with E-state index in [4.69, 9.17) is 0 Å². The Bertz CT molecular complexity index is 326. The largest absolute Gasteiger partial charge is 0.356 e. The monoisotopic (exact) mass is 331 g/mol. The van der Waals surface area contributed by atoms with Crippen LogP contribution in [0.3, 0.4) is 0 Å². The lowest BCUT2D eigenvalue weighted by Gasteiger charge is -2.17. The second-order valence-electron chi connectivity index (χ2n) is 4.33. The molecule has 0 amide bonds. The Labute approximate surface area is 111 Å². The molecule has 16 heavy (non-hydrogen) atoms. The van der Waals surface area contributed by atoms with Gasteiger partial charge in [0.15, 0.2) is 0 Å². The molecule has 0 aromatic carbocycles. The highest BCUT2D eigenvalue weighted by Gasteiger charge is 2.22. The summed E-state index contributed by atoms with van der Waals surface area (Å²) in [5, 5.41) is 3.22. The number of halogens is 1. The van der Waals surface area contributed by atoms with Crippen LogP contribution in [0.2, 0.25) is 0 Å². The van der Waals surface area contributed by atoms with E-state index in [1.165, 1.54) is 16.4 Å². The van der Waals surface area contributed by atoms with Crippen LogP contribution >= 0.6 is 22.6 Å². The van der Waals surface area contributed by atoms with Crippen molar-refractivity contribution in [3.8, 4) is 0 Å². The number of aromatic nitrogens is 1. The number of hydrogen-bond acceptors (Lipinski definition) is 3. The molecular weight excluding hydrogens is 313 g/mol. The third kappa shape index (κ3) is 3.07. The van der Waals surface area contributed by atoms with Gasteiger partial charge in [-0.25, -0.2) is 4.98 Å². The molecule has 0 bridgehead atoms. The van der Waals surface area contributed by atoms with E-state index in [2.05, 4.69) is 49.9 Å². The summed E-state index contributed by atoms with van der Waals surface area (Å²) in [7, 11) is 2.02. The molecule has 1 N–H and O–H groups in total. The Morgan fingerprint density at radius 3 is 3.12 bits per heavy atom. The van der Waals surface area contributed by atoms with E-state index in [1.54, 1.807) is 0 Å². The quantitative estimate of drug-likeness (QED) is 0.857. The Balaban J connectivity index is 1.90. The van der Waals surface area contributed by atoms with Gasteiger partial charge in [0.1, 0.15) is 5.82 Å². The normalized spacial score (nSPS) is 20.4. The zero-order valence-electron chi connectivity index (χ0n) is 9.62. The summed E-state index contributed by atoms with van der Waals surface area (Å²) >= 11 is 2.29. The maximum absolute atomic E-state index is 4.48. The van der Waals surface area contributed by atoms with Crippen LogP contribution in [0.25, 0.3) is 0 Å². The van der Waals surface area contributed by atoms with Crippen LogP contribution in [0.15, 0.2) is 18.3 Å². The van der Waals surface area contributed by atoms with Crippen molar-refractivity contribution in [1.82, 2.24) is 10.3 Å². The Kier molecular flexibility index (Phi) is 4.40. The molecule has 1 aliphatic rings. The molecule has 1 fully saturated rings. The first-order valence-corrected chi connectivity index (χ1v) is 6.88. The second kappa shape index (κ2) is 5.82. The zero-order valence-corrected chi connectivity index (χ0v) is 11.8. The molecule has 0 spiro atoms. The van der Waals surface area contributed by atoms with E-state index in [-0.39, 0.29) is 0 Å². The third-order valence-electron chi connectivity index (χ3n) is 3.12. The lowest BCUT2D eigenvalue weighted by atomic mass is 10.1. The van der Waals surface area contributed by atoms with Gasteiger partial charge >= 0.3 is 0 Å². The van der Waals surface area contributed by atoms with E-state index in [0.717, 1.165) is 31.4 Å². The van der Waals surface area contributed by atoms with Gasteiger partial charge in [0, 0.05) is 22.9 Å². The summed E-state index contributed by atoms with van der Waals surface area (Å²) in [5.74, 6) is 1.96. The fraction of sp³-hybridized carbons (Fsp3) is 0.583. The lowest BCUT2D eigenvalue weighted by Crippen LogP contribution is -2.21. The van der Waals surface area contributed by atoms with Gasteiger partial charge in [-0.2, -0.15) is 0 Å². The van der Waals surface area contributed by atoms with Crippen molar-refractivity contribution in [3.63, 3.8) is 0 Å². The van der Waals surface area contributed by atoms with Crippen LogP contribution in [0, 0.1) is 9.49 Å². The maximum atomic E-state index is 4.48. The minimum atomic E-state index is 0.827. The standard InChI is InChI=1S/C12H18IN3/c1-14-6-4-10-5-7-16(9-10)12-3-2-11(13)8-15-12/h2-3,8,10,14H,4-7,9H2,1H3. The first-order valence-electron chi connectivity index (χ1n) is 5.80. The van der Waals surface area contributed by atoms with E-state index in [9.17, 15) is 0 Å². The molecule has 1 aromatic heterocycles. The van der Waals surface area contributed by atoms with E-state index in [1.807, 2.05) is 13.2 Å². The molecule has 0 saturated carbocycles. The molecule has 0 aliphatic carbocycles. The molecule has 2 heterocycles. The molecule has 1 aliphatic heterocycles. The van der Waals surface area contributed by atoms with Crippen LogP contribution in [0.4, 0.5) is 5.82 Å². The zero-order chi connectivity index (χ0) is 11.4. The molecule has 1 saturated heterocycles. The topological polar surface area (TPSA) is 28.2 Å². The van der Waals surface area contributed by atoms with Gasteiger partial charge in [-0.3, -0.25) is 0 Å². The molecule has 4 heteroatoms. The van der Waals surface area contributed by atoms with Gasteiger partial charge in [0.2, 0.25) is 0 Å². The van der Waals surface area contributed by atoms with Crippen LogP contribution in [0.5, 0.6) is 0 Å². The molecule has 88 valence electrons. The highest BCUT2D eigenvalue weighted by molar-refractivity contribution is 14.1. The predicted molar refractivity (Wildman–Crippen MR) is 75.8 cm³/mol. The average molecular weight is 331 g/mol. The second-order valence-corrected chi connectivity index (χ2v) is 5.57. The lowest BCUT2D eigenvalue weighted by molar-refractivity contribution is 0.521. The summed E-state index contributed by atoms with van der Waals surface area (Å²) in [5.41, 5.74) is 0. The van der Waals surface area contributed by atoms with Crippen LogP contribution in [-0.2, 0) is 0 Å². The van der Waals surface area contributed by atoms with E-state index in [0.29, 0.717) is 0 Å². The van der Waals surface area contributed by atoms with E-state index >= 15 is 0 Å². The van der Waals surface area contributed by atoms with Gasteiger partial charge in [0.25, 0.3) is 0 Å². The highest BCUT2D eigenvalue weighted by atomic mass is 127. The van der Waals surface area contributed by atoms with Gasteiger partial charge in [-0.05, 0) is 67.1 Å². The predicted octanol–water partition coefficient (Wildman–Crippen LogP) is 2.12. The fourth-order valence-corrected chi connectivity index (χ4v) is 2.50. The first-order chi connectivity index (χ1) is 7.79. The number of pyridine rings is 1.